The van der Waals surface area contributed by atoms with Gasteiger partial charge in [0.2, 0.25) is 0 Å². The molecule has 2 aromatic rings. The first-order valence-electron chi connectivity index (χ1n) is 9.34. The molecule has 1 aliphatic heterocycles. The molecule has 142 valence electrons. The van der Waals surface area contributed by atoms with Gasteiger partial charge in [0.25, 0.3) is 11.8 Å². The van der Waals surface area contributed by atoms with E-state index in [0.717, 1.165) is 37.8 Å². The van der Waals surface area contributed by atoms with E-state index < -0.39 is 0 Å². The number of nitrogens with one attached hydrogen (secondary N) is 1. The minimum atomic E-state index is -0.289. The quantitative estimate of drug-likeness (QED) is 0.829. The molecule has 3 rings (SSSR count). The van der Waals surface area contributed by atoms with Crippen LogP contribution in [0, 0.1) is 6.92 Å². The highest BCUT2D eigenvalue weighted by molar-refractivity contribution is 6.31. The van der Waals surface area contributed by atoms with Gasteiger partial charge in [-0.05, 0) is 62.4 Å². The standard InChI is InChI=1S/C21H24ClN3O2/c1-3-17-6-4-5-11-25(17)21(27)19-12-15(9-10-23-19)20(26)24-18-13-16(22)8-7-14(18)2/h7-10,12-13,17H,3-6,11H2,1-2H3,(H,24,26). The van der Waals surface area contributed by atoms with Crippen molar-refractivity contribution in [1.82, 2.24) is 9.88 Å². The van der Waals surface area contributed by atoms with Gasteiger partial charge >= 0.3 is 0 Å². The van der Waals surface area contributed by atoms with Crippen molar-refractivity contribution in [2.24, 2.45) is 0 Å². The summed E-state index contributed by atoms with van der Waals surface area (Å²) in [6.07, 6.45) is 5.63. The summed E-state index contributed by atoms with van der Waals surface area (Å²) in [6, 6.07) is 8.76. The molecule has 1 N–H and O–H groups in total. The lowest BCUT2D eigenvalue weighted by molar-refractivity contribution is 0.0602. The number of aromatic nitrogens is 1. The summed E-state index contributed by atoms with van der Waals surface area (Å²) >= 11 is 6.01. The molecular weight excluding hydrogens is 362 g/mol. The number of rotatable bonds is 4. The molecule has 0 bridgehead atoms. The number of halogens is 1. The first-order chi connectivity index (χ1) is 13.0. The molecule has 0 aliphatic carbocycles. The summed E-state index contributed by atoms with van der Waals surface area (Å²) in [5.74, 6) is -0.391. The second-order valence-corrected chi connectivity index (χ2v) is 7.34. The summed E-state index contributed by atoms with van der Waals surface area (Å²) in [7, 11) is 0. The Balaban J connectivity index is 1.79. The number of carbonyl (C=O) groups is 2. The topological polar surface area (TPSA) is 62.3 Å². The van der Waals surface area contributed by atoms with E-state index in [2.05, 4.69) is 17.2 Å². The van der Waals surface area contributed by atoms with Crippen LogP contribution in [0.5, 0.6) is 0 Å². The van der Waals surface area contributed by atoms with Crippen LogP contribution in [0.3, 0.4) is 0 Å². The smallest absolute Gasteiger partial charge is 0.272 e. The number of likely N-dealkylation sites (tertiary alicyclic amines) is 1. The van der Waals surface area contributed by atoms with Crippen molar-refractivity contribution in [3.05, 3.63) is 58.4 Å². The molecule has 2 amide bonds. The van der Waals surface area contributed by atoms with Crippen LogP contribution in [0.25, 0.3) is 0 Å². The summed E-state index contributed by atoms with van der Waals surface area (Å²) in [6.45, 7) is 4.74. The number of pyridine rings is 1. The maximum Gasteiger partial charge on any atom is 0.272 e. The number of nitrogens with zero attached hydrogens (tertiary/aromatic N) is 2. The van der Waals surface area contributed by atoms with Crippen molar-refractivity contribution in [3.63, 3.8) is 0 Å². The largest absolute Gasteiger partial charge is 0.334 e. The van der Waals surface area contributed by atoms with Crippen LogP contribution in [0.2, 0.25) is 5.02 Å². The zero-order chi connectivity index (χ0) is 19.4. The van der Waals surface area contributed by atoms with Gasteiger partial charge in [0, 0.05) is 35.1 Å². The Hall–Kier alpha value is -2.40. The fourth-order valence-electron chi connectivity index (χ4n) is 3.45. The molecule has 27 heavy (non-hydrogen) atoms. The van der Waals surface area contributed by atoms with E-state index in [1.165, 1.54) is 6.20 Å². The summed E-state index contributed by atoms with van der Waals surface area (Å²) in [4.78, 5) is 31.7. The van der Waals surface area contributed by atoms with Crippen molar-refractivity contribution >= 4 is 29.1 Å². The van der Waals surface area contributed by atoms with Gasteiger partial charge in [-0.3, -0.25) is 14.6 Å². The summed E-state index contributed by atoms with van der Waals surface area (Å²) < 4.78 is 0. The number of aryl methyl sites for hydroxylation is 1. The van der Waals surface area contributed by atoms with Crippen LogP contribution in [-0.2, 0) is 0 Å². The van der Waals surface area contributed by atoms with Gasteiger partial charge in [-0.25, -0.2) is 0 Å². The maximum absolute atomic E-state index is 12.9. The van der Waals surface area contributed by atoms with E-state index in [-0.39, 0.29) is 17.9 Å². The van der Waals surface area contributed by atoms with Crippen molar-refractivity contribution < 1.29 is 9.59 Å². The predicted molar refractivity (Wildman–Crippen MR) is 107 cm³/mol. The molecule has 1 unspecified atom stereocenters. The molecule has 1 fully saturated rings. The number of benzene rings is 1. The number of amides is 2. The molecule has 1 atom stereocenters. The molecule has 0 saturated carbocycles. The van der Waals surface area contributed by atoms with Crippen LogP contribution < -0.4 is 5.32 Å². The third-order valence-corrected chi connectivity index (χ3v) is 5.28. The zero-order valence-corrected chi connectivity index (χ0v) is 16.4. The van der Waals surface area contributed by atoms with E-state index in [4.69, 9.17) is 11.6 Å². The average molecular weight is 386 g/mol. The van der Waals surface area contributed by atoms with Crippen molar-refractivity contribution in [2.75, 3.05) is 11.9 Å². The number of piperidine rings is 1. The van der Waals surface area contributed by atoms with Crippen LogP contribution in [0.15, 0.2) is 36.5 Å². The molecular formula is C21H24ClN3O2. The highest BCUT2D eigenvalue weighted by Crippen LogP contribution is 2.23. The minimum Gasteiger partial charge on any atom is -0.334 e. The van der Waals surface area contributed by atoms with Gasteiger partial charge in [0.05, 0.1) is 0 Å². The molecule has 2 heterocycles. The van der Waals surface area contributed by atoms with Crippen molar-refractivity contribution in [3.8, 4) is 0 Å². The molecule has 1 aromatic carbocycles. The van der Waals surface area contributed by atoms with E-state index in [1.54, 1.807) is 24.3 Å². The average Bonchev–Trinajstić information content (AvgIpc) is 2.70. The van der Waals surface area contributed by atoms with E-state index >= 15 is 0 Å². The molecule has 5 nitrogen and oxygen atoms in total. The van der Waals surface area contributed by atoms with Crippen LogP contribution in [0.1, 0.15) is 59.0 Å². The van der Waals surface area contributed by atoms with Gasteiger partial charge in [-0.15, -0.1) is 0 Å². The Morgan fingerprint density at radius 2 is 2.07 bits per heavy atom. The number of hydrogen-bond acceptors (Lipinski definition) is 3. The lowest BCUT2D eigenvalue weighted by atomic mass is 9.99. The minimum absolute atomic E-state index is 0.102. The summed E-state index contributed by atoms with van der Waals surface area (Å²) in [5.41, 5.74) is 2.28. The molecule has 6 heteroatoms. The highest BCUT2D eigenvalue weighted by Gasteiger charge is 2.27. The lowest BCUT2D eigenvalue weighted by Crippen LogP contribution is -2.43. The SMILES string of the molecule is CCC1CCCCN1C(=O)c1cc(C(=O)Nc2cc(Cl)ccc2C)ccn1. The fraction of sp³-hybridized carbons (Fsp3) is 0.381. The van der Waals surface area contributed by atoms with E-state index in [0.29, 0.717) is 22.0 Å². The normalized spacial score (nSPS) is 16.9. The maximum atomic E-state index is 12.9. The van der Waals surface area contributed by atoms with E-state index in [1.807, 2.05) is 17.9 Å². The van der Waals surface area contributed by atoms with Gasteiger partial charge < -0.3 is 10.2 Å². The van der Waals surface area contributed by atoms with Gasteiger partial charge in [0.1, 0.15) is 5.69 Å². The number of carbonyl (C=O) groups excluding carboxylic acids is 2. The van der Waals surface area contributed by atoms with Crippen LogP contribution in [-0.4, -0.2) is 34.3 Å². The predicted octanol–water partition coefficient (Wildman–Crippen LogP) is 4.70. The molecule has 0 radical (unpaired) electrons. The third-order valence-electron chi connectivity index (χ3n) is 5.05. The Morgan fingerprint density at radius 1 is 1.26 bits per heavy atom. The second-order valence-electron chi connectivity index (χ2n) is 6.90. The van der Waals surface area contributed by atoms with Gasteiger partial charge in [0.15, 0.2) is 0 Å². The van der Waals surface area contributed by atoms with E-state index in [9.17, 15) is 9.59 Å². The zero-order valence-electron chi connectivity index (χ0n) is 15.7. The fourth-order valence-corrected chi connectivity index (χ4v) is 3.62. The third kappa shape index (κ3) is 4.48. The lowest BCUT2D eigenvalue weighted by Gasteiger charge is -2.35. The second kappa shape index (κ2) is 8.53. The molecule has 1 saturated heterocycles. The van der Waals surface area contributed by atoms with Crippen LogP contribution >= 0.6 is 11.6 Å². The Bertz CT molecular complexity index is 853. The number of hydrogen-bond donors (Lipinski definition) is 1. The first kappa shape index (κ1) is 19.4. The Kier molecular flexibility index (Phi) is 6.11. The number of anilines is 1. The molecule has 0 spiro atoms. The van der Waals surface area contributed by atoms with Crippen molar-refractivity contribution in [2.45, 2.75) is 45.6 Å². The van der Waals surface area contributed by atoms with Gasteiger partial charge in [-0.1, -0.05) is 24.6 Å². The van der Waals surface area contributed by atoms with Crippen molar-refractivity contribution in [1.29, 1.82) is 0 Å². The van der Waals surface area contributed by atoms with Gasteiger partial charge in [-0.2, -0.15) is 0 Å². The monoisotopic (exact) mass is 385 g/mol. The molecule has 1 aliphatic rings. The molecule has 1 aromatic heterocycles. The summed E-state index contributed by atoms with van der Waals surface area (Å²) in [5, 5.41) is 3.41. The van der Waals surface area contributed by atoms with Crippen LogP contribution in [0.4, 0.5) is 5.69 Å². The Labute approximate surface area is 164 Å². The highest BCUT2D eigenvalue weighted by atomic mass is 35.5. The Morgan fingerprint density at radius 3 is 2.85 bits per heavy atom. The first-order valence-corrected chi connectivity index (χ1v) is 9.72.